The Labute approximate surface area is 185 Å². The van der Waals surface area contributed by atoms with Crippen LogP contribution >= 0.6 is 0 Å². The van der Waals surface area contributed by atoms with Crippen LogP contribution in [0.25, 0.3) is 11.4 Å². The Balaban J connectivity index is 1.41. The average Bonchev–Trinajstić information content (AvgIpc) is 3.38. The second-order valence-electron chi connectivity index (χ2n) is 8.06. The lowest BCUT2D eigenvalue weighted by Crippen LogP contribution is -2.43. The molecule has 0 radical (unpaired) electrons. The summed E-state index contributed by atoms with van der Waals surface area (Å²) in [5, 5.41) is 7.30. The Morgan fingerprint density at radius 3 is 2.84 bits per heavy atom. The van der Waals surface area contributed by atoms with E-state index in [2.05, 4.69) is 37.3 Å². The minimum absolute atomic E-state index is 0.00634. The molecule has 1 amide bonds. The molecule has 162 valence electrons. The molecule has 0 bridgehead atoms. The minimum Gasteiger partial charge on any atom is -0.356 e. The number of fused-ring (bicyclic) bond motifs is 1. The van der Waals surface area contributed by atoms with Crippen molar-refractivity contribution in [1.82, 2.24) is 34.6 Å². The summed E-state index contributed by atoms with van der Waals surface area (Å²) in [5.74, 6) is 1.26. The predicted octanol–water partition coefficient (Wildman–Crippen LogP) is 3.24. The molecule has 5 heterocycles. The third kappa shape index (κ3) is 3.73. The van der Waals surface area contributed by atoms with E-state index >= 15 is 0 Å². The van der Waals surface area contributed by atoms with Gasteiger partial charge in [-0.15, -0.1) is 0 Å². The lowest BCUT2D eigenvalue weighted by Gasteiger charge is -2.33. The van der Waals surface area contributed by atoms with Gasteiger partial charge in [0.25, 0.3) is 5.91 Å². The first-order valence-corrected chi connectivity index (χ1v) is 10.5. The van der Waals surface area contributed by atoms with Crippen LogP contribution in [0.4, 0.5) is 11.8 Å². The van der Waals surface area contributed by atoms with Crippen molar-refractivity contribution in [1.29, 1.82) is 0 Å². The Morgan fingerprint density at radius 2 is 2.06 bits per heavy atom. The molecule has 1 aliphatic heterocycles. The quantitative estimate of drug-likeness (QED) is 0.506. The summed E-state index contributed by atoms with van der Waals surface area (Å²) in [5.41, 5.74) is 4.97. The fraction of sp³-hybridized carbons (Fsp3) is 0.261. The van der Waals surface area contributed by atoms with E-state index in [0.717, 1.165) is 35.0 Å². The molecule has 4 aromatic heterocycles. The van der Waals surface area contributed by atoms with Crippen LogP contribution in [0.5, 0.6) is 0 Å². The highest BCUT2D eigenvalue weighted by Crippen LogP contribution is 2.29. The van der Waals surface area contributed by atoms with Gasteiger partial charge >= 0.3 is 0 Å². The van der Waals surface area contributed by atoms with Gasteiger partial charge in [0.2, 0.25) is 5.95 Å². The van der Waals surface area contributed by atoms with Gasteiger partial charge in [-0.3, -0.25) is 14.5 Å². The van der Waals surface area contributed by atoms with Gasteiger partial charge in [0.1, 0.15) is 5.82 Å². The fourth-order valence-corrected chi connectivity index (χ4v) is 4.02. The van der Waals surface area contributed by atoms with Crippen LogP contribution in [-0.4, -0.2) is 46.6 Å². The molecule has 32 heavy (non-hydrogen) atoms. The second-order valence-corrected chi connectivity index (χ2v) is 8.06. The number of nitrogens with one attached hydrogen (secondary N) is 2. The van der Waals surface area contributed by atoms with E-state index in [1.54, 1.807) is 17.1 Å². The zero-order valence-corrected chi connectivity index (χ0v) is 18.2. The summed E-state index contributed by atoms with van der Waals surface area (Å²) >= 11 is 0. The van der Waals surface area contributed by atoms with Crippen LogP contribution in [-0.2, 0) is 20.0 Å². The summed E-state index contributed by atoms with van der Waals surface area (Å²) in [6.07, 6.45) is 4.15. The number of anilines is 2. The van der Waals surface area contributed by atoms with E-state index in [1.165, 1.54) is 0 Å². The number of carbonyl (C=O) groups is 1. The number of H-pyrrole nitrogens is 1. The van der Waals surface area contributed by atoms with Crippen LogP contribution in [0.3, 0.4) is 0 Å². The highest BCUT2D eigenvalue weighted by molar-refractivity contribution is 5.98. The summed E-state index contributed by atoms with van der Waals surface area (Å²) in [4.78, 5) is 32.1. The molecule has 1 unspecified atom stereocenters. The van der Waals surface area contributed by atoms with Gasteiger partial charge in [-0.25, -0.2) is 9.97 Å². The molecule has 0 aliphatic carbocycles. The zero-order chi connectivity index (χ0) is 22.2. The Kier molecular flexibility index (Phi) is 4.93. The average molecular weight is 429 g/mol. The number of pyridine rings is 1. The van der Waals surface area contributed by atoms with Crippen molar-refractivity contribution < 1.29 is 4.79 Å². The molecule has 1 atom stereocenters. The van der Waals surface area contributed by atoms with Crippen LogP contribution in [0, 0.1) is 6.92 Å². The molecule has 0 saturated carbocycles. The molecule has 0 spiro atoms. The SMILES string of the molecule is Cc1cccc(CN2C(=O)c3cc(-c4ccnc(Nc5ccnn5C)n4)[nH]c3CC2C)n1. The standard InChI is InChI=1S/C23H24N8O/c1-14-5-4-6-16(26-14)13-31-15(2)11-19-17(22(31)32)12-20(27-19)18-7-9-24-23(28-18)29-21-8-10-25-30(21)3/h4-10,12,15,27H,11,13H2,1-3H3,(H,24,28,29). The first-order valence-electron chi connectivity index (χ1n) is 10.5. The Morgan fingerprint density at radius 1 is 1.19 bits per heavy atom. The van der Waals surface area contributed by atoms with Crippen LogP contribution < -0.4 is 5.32 Å². The van der Waals surface area contributed by atoms with E-state index in [0.29, 0.717) is 23.8 Å². The van der Waals surface area contributed by atoms with Crippen LogP contribution in [0.2, 0.25) is 0 Å². The van der Waals surface area contributed by atoms with E-state index in [1.807, 2.05) is 55.3 Å². The normalized spacial score (nSPS) is 15.7. The van der Waals surface area contributed by atoms with E-state index in [9.17, 15) is 4.79 Å². The lowest BCUT2D eigenvalue weighted by atomic mass is 10.0. The molecule has 5 rings (SSSR count). The van der Waals surface area contributed by atoms with Gasteiger partial charge in [-0.1, -0.05) is 6.07 Å². The number of aromatic amines is 1. The first-order chi connectivity index (χ1) is 15.5. The van der Waals surface area contributed by atoms with Gasteiger partial charge in [-0.2, -0.15) is 5.10 Å². The molecule has 0 saturated heterocycles. The summed E-state index contributed by atoms with van der Waals surface area (Å²) in [7, 11) is 1.84. The molecule has 9 heteroatoms. The minimum atomic E-state index is 0.00634. The van der Waals surface area contributed by atoms with E-state index < -0.39 is 0 Å². The molecule has 2 N–H and O–H groups in total. The Hall–Kier alpha value is -4.01. The number of hydrogen-bond donors (Lipinski definition) is 2. The summed E-state index contributed by atoms with van der Waals surface area (Å²) < 4.78 is 1.71. The summed E-state index contributed by atoms with van der Waals surface area (Å²) in [6, 6.07) is 11.5. The third-order valence-corrected chi connectivity index (χ3v) is 5.69. The third-order valence-electron chi connectivity index (χ3n) is 5.69. The molecule has 1 aliphatic rings. The molecule has 9 nitrogen and oxygen atoms in total. The molecule has 4 aromatic rings. The topological polar surface area (TPSA) is 105 Å². The van der Waals surface area contributed by atoms with Gasteiger partial charge < -0.3 is 15.2 Å². The van der Waals surface area contributed by atoms with Crippen molar-refractivity contribution in [3.63, 3.8) is 0 Å². The molecular formula is C23H24N8O. The number of rotatable bonds is 5. The number of nitrogens with zero attached hydrogens (tertiary/aromatic N) is 6. The number of carbonyl (C=O) groups excluding carboxylic acids is 1. The van der Waals surface area contributed by atoms with Crippen LogP contribution in [0.1, 0.15) is 34.4 Å². The van der Waals surface area contributed by atoms with Gasteiger partial charge in [0.05, 0.1) is 35.4 Å². The fourth-order valence-electron chi connectivity index (χ4n) is 4.02. The van der Waals surface area contributed by atoms with Gasteiger partial charge in [0.15, 0.2) is 0 Å². The van der Waals surface area contributed by atoms with Crippen molar-refractivity contribution in [2.45, 2.75) is 32.9 Å². The molecule has 0 fully saturated rings. The largest absolute Gasteiger partial charge is 0.356 e. The van der Waals surface area contributed by atoms with Crippen molar-refractivity contribution in [3.05, 3.63) is 71.4 Å². The highest BCUT2D eigenvalue weighted by Gasteiger charge is 2.32. The van der Waals surface area contributed by atoms with Crippen molar-refractivity contribution in [3.8, 4) is 11.4 Å². The van der Waals surface area contributed by atoms with Crippen LogP contribution in [0.15, 0.2) is 48.8 Å². The van der Waals surface area contributed by atoms with Crippen molar-refractivity contribution in [2.24, 2.45) is 7.05 Å². The molecule has 0 aromatic carbocycles. The number of amides is 1. The maximum atomic E-state index is 13.3. The zero-order valence-electron chi connectivity index (χ0n) is 18.2. The number of aromatic nitrogens is 6. The van der Waals surface area contributed by atoms with Gasteiger partial charge in [-0.05, 0) is 38.1 Å². The Bertz CT molecular complexity index is 1290. The highest BCUT2D eigenvalue weighted by atomic mass is 16.2. The monoisotopic (exact) mass is 428 g/mol. The lowest BCUT2D eigenvalue weighted by molar-refractivity contribution is 0.0645. The smallest absolute Gasteiger partial charge is 0.256 e. The van der Waals surface area contributed by atoms with Crippen molar-refractivity contribution >= 4 is 17.7 Å². The van der Waals surface area contributed by atoms with E-state index in [-0.39, 0.29) is 11.9 Å². The van der Waals surface area contributed by atoms with Gasteiger partial charge in [0, 0.05) is 43.2 Å². The maximum absolute atomic E-state index is 13.3. The number of aryl methyl sites for hydroxylation is 2. The first kappa shape index (κ1) is 19.9. The van der Waals surface area contributed by atoms with E-state index in [4.69, 9.17) is 0 Å². The summed E-state index contributed by atoms with van der Waals surface area (Å²) in [6.45, 7) is 4.52. The maximum Gasteiger partial charge on any atom is 0.256 e. The second kappa shape index (κ2) is 7.92. The molecular weight excluding hydrogens is 404 g/mol. The number of hydrogen-bond acceptors (Lipinski definition) is 6. The predicted molar refractivity (Wildman–Crippen MR) is 120 cm³/mol. The van der Waals surface area contributed by atoms with Crippen molar-refractivity contribution in [2.75, 3.05) is 5.32 Å².